The molecule has 0 heterocycles. The van der Waals surface area contributed by atoms with Crippen LogP contribution in [-0.4, -0.2) is 24.8 Å². The number of nitrogens with zero attached hydrogens (tertiary/aromatic N) is 2. The average Bonchev–Trinajstić information content (AvgIpc) is 2.52. The second-order valence-electron chi connectivity index (χ2n) is 7.15. The normalized spacial score (nSPS) is 11.9. The highest BCUT2D eigenvalue weighted by molar-refractivity contribution is 5.70. The first-order valence-corrected chi connectivity index (χ1v) is 8.27. The van der Waals surface area contributed by atoms with E-state index >= 15 is 0 Å². The molecule has 2 nitrogen and oxygen atoms in total. The van der Waals surface area contributed by atoms with Gasteiger partial charge in [-0.15, -0.1) is 0 Å². The van der Waals surface area contributed by atoms with Crippen molar-refractivity contribution >= 4 is 12.0 Å². The van der Waals surface area contributed by atoms with Gasteiger partial charge in [-0.2, -0.15) is 0 Å². The van der Waals surface area contributed by atoms with Crippen LogP contribution >= 0.6 is 0 Å². The maximum absolute atomic E-state index is 4.56. The highest BCUT2D eigenvalue weighted by atomic mass is 15.1. The first-order chi connectivity index (χ1) is 10.8. The fraction of sp³-hybridized carbons (Fsp3) is 0.381. The molecular formula is C21H28N2. The van der Waals surface area contributed by atoms with Crippen molar-refractivity contribution in [3.63, 3.8) is 0 Å². The second-order valence-corrected chi connectivity index (χ2v) is 7.15. The predicted molar refractivity (Wildman–Crippen MR) is 102 cm³/mol. The summed E-state index contributed by atoms with van der Waals surface area (Å²) in [6, 6.07) is 15.3. The van der Waals surface area contributed by atoms with Crippen LogP contribution in [0.1, 0.15) is 38.8 Å². The van der Waals surface area contributed by atoms with E-state index in [4.69, 9.17) is 0 Å². The van der Waals surface area contributed by atoms with Crippen molar-refractivity contribution < 1.29 is 0 Å². The summed E-state index contributed by atoms with van der Waals surface area (Å²) in [5, 5.41) is 0. The molecule has 0 unspecified atom stereocenters. The number of rotatable bonds is 4. The van der Waals surface area contributed by atoms with Crippen molar-refractivity contribution in [2.24, 2.45) is 4.99 Å². The topological polar surface area (TPSA) is 15.6 Å². The van der Waals surface area contributed by atoms with Gasteiger partial charge in [-0.05, 0) is 53.6 Å². The fourth-order valence-corrected chi connectivity index (χ4v) is 2.38. The molecule has 0 N–H and O–H groups in total. The summed E-state index contributed by atoms with van der Waals surface area (Å²) in [5.41, 5.74) is 6.27. The van der Waals surface area contributed by atoms with Gasteiger partial charge < -0.3 is 4.90 Å². The quantitative estimate of drug-likeness (QED) is 0.532. The van der Waals surface area contributed by atoms with E-state index in [1.807, 2.05) is 13.4 Å². The molecule has 0 atom stereocenters. The van der Waals surface area contributed by atoms with Crippen LogP contribution in [-0.2, 0) is 5.41 Å². The van der Waals surface area contributed by atoms with Crippen LogP contribution in [0.2, 0.25) is 0 Å². The zero-order valence-electron chi connectivity index (χ0n) is 15.2. The van der Waals surface area contributed by atoms with Crippen LogP contribution in [0.25, 0.3) is 11.1 Å². The Morgan fingerprint density at radius 3 is 2.13 bits per heavy atom. The summed E-state index contributed by atoms with van der Waals surface area (Å²) in [6.07, 6.45) is 1.89. The van der Waals surface area contributed by atoms with Gasteiger partial charge in [-0.3, -0.25) is 0 Å². The molecule has 0 amide bonds. The van der Waals surface area contributed by atoms with Crippen LogP contribution in [0.3, 0.4) is 0 Å². The molecule has 0 aliphatic rings. The van der Waals surface area contributed by atoms with E-state index in [2.05, 4.69) is 87.0 Å². The van der Waals surface area contributed by atoms with E-state index in [1.165, 1.54) is 22.3 Å². The van der Waals surface area contributed by atoms with Gasteiger partial charge in [0.15, 0.2) is 0 Å². The van der Waals surface area contributed by atoms with Crippen molar-refractivity contribution in [3.8, 4) is 11.1 Å². The molecule has 0 spiro atoms. The van der Waals surface area contributed by atoms with E-state index in [0.717, 1.165) is 12.2 Å². The molecule has 0 fully saturated rings. The maximum Gasteiger partial charge on any atom is 0.0909 e. The van der Waals surface area contributed by atoms with Gasteiger partial charge in [0, 0.05) is 13.6 Å². The van der Waals surface area contributed by atoms with Crippen molar-refractivity contribution in [3.05, 3.63) is 53.6 Å². The summed E-state index contributed by atoms with van der Waals surface area (Å²) in [5.74, 6) is 0. The Morgan fingerprint density at radius 1 is 1.00 bits per heavy atom. The minimum Gasteiger partial charge on any atom is -0.366 e. The third kappa shape index (κ3) is 4.44. The van der Waals surface area contributed by atoms with E-state index in [0.29, 0.717) is 0 Å². The lowest BCUT2D eigenvalue weighted by Gasteiger charge is -2.19. The molecule has 122 valence electrons. The predicted octanol–water partition coefficient (Wildman–Crippen LogP) is 5.57. The second kappa shape index (κ2) is 6.99. The minimum atomic E-state index is 0.193. The van der Waals surface area contributed by atoms with Crippen LogP contribution in [0.15, 0.2) is 47.5 Å². The largest absolute Gasteiger partial charge is 0.366 e. The molecule has 0 aliphatic heterocycles. The smallest absolute Gasteiger partial charge is 0.0909 e. The summed E-state index contributed by atoms with van der Waals surface area (Å²) < 4.78 is 0. The standard InChI is InChI=1S/C21H28N2/c1-7-23(6)15-22-20-13-10-18(14-16(20)2)17-8-11-19(12-9-17)21(3,4)5/h8-15H,7H2,1-6H3. The summed E-state index contributed by atoms with van der Waals surface area (Å²) in [7, 11) is 2.03. The van der Waals surface area contributed by atoms with Gasteiger partial charge in [0.25, 0.3) is 0 Å². The Labute approximate surface area is 140 Å². The minimum absolute atomic E-state index is 0.193. The SMILES string of the molecule is CCN(C)C=Nc1ccc(-c2ccc(C(C)(C)C)cc2)cc1C. The molecular weight excluding hydrogens is 280 g/mol. The molecule has 0 radical (unpaired) electrons. The maximum atomic E-state index is 4.56. The van der Waals surface area contributed by atoms with Crippen LogP contribution in [0.5, 0.6) is 0 Å². The van der Waals surface area contributed by atoms with Gasteiger partial charge in [0.1, 0.15) is 0 Å². The van der Waals surface area contributed by atoms with Gasteiger partial charge in [0.2, 0.25) is 0 Å². The summed E-state index contributed by atoms with van der Waals surface area (Å²) >= 11 is 0. The number of hydrogen-bond donors (Lipinski definition) is 0. The van der Waals surface area contributed by atoms with E-state index in [1.54, 1.807) is 0 Å². The van der Waals surface area contributed by atoms with E-state index in [9.17, 15) is 0 Å². The van der Waals surface area contributed by atoms with Crippen LogP contribution in [0.4, 0.5) is 5.69 Å². The lowest BCUT2D eigenvalue weighted by molar-refractivity contribution is 0.552. The monoisotopic (exact) mass is 308 g/mol. The van der Waals surface area contributed by atoms with Crippen molar-refractivity contribution in [1.82, 2.24) is 4.90 Å². The van der Waals surface area contributed by atoms with E-state index in [-0.39, 0.29) is 5.41 Å². The molecule has 2 rings (SSSR count). The Hall–Kier alpha value is -2.09. The Bertz CT molecular complexity index is 676. The Morgan fingerprint density at radius 2 is 1.61 bits per heavy atom. The molecule has 23 heavy (non-hydrogen) atoms. The van der Waals surface area contributed by atoms with E-state index < -0.39 is 0 Å². The summed E-state index contributed by atoms with van der Waals surface area (Å²) in [6.45, 7) is 11.9. The van der Waals surface area contributed by atoms with Crippen LogP contribution in [0, 0.1) is 6.92 Å². The lowest BCUT2D eigenvalue weighted by Crippen LogP contribution is -2.14. The van der Waals surface area contributed by atoms with Crippen molar-refractivity contribution in [2.45, 2.75) is 40.0 Å². The number of hydrogen-bond acceptors (Lipinski definition) is 1. The zero-order chi connectivity index (χ0) is 17.0. The van der Waals surface area contributed by atoms with Gasteiger partial charge >= 0.3 is 0 Å². The average molecular weight is 308 g/mol. The molecule has 0 aromatic heterocycles. The Balaban J connectivity index is 2.25. The number of aryl methyl sites for hydroxylation is 1. The molecule has 2 aromatic rings. The lowest BCUT2D eigenvalue weighted by atomic mass is 9.86. The van der Waals surface area contributed by atoms with Gasteiger partial charge in [0.05, 0.1) is 12.0 Å². The highest BCUT2D eigenvalue weighted by Gasteiger charge is 2.13. The molecule has 2 heteroatoms. The zero-order valence-corrected chi connectivity index (χ0v) is 15.2. The first kappa shape index (κ1) is 17.3. The molecule has 0 aliphatic carbocycles. The Kier molecular flexibility index (Phi) is 5.25. The number of aliphatic imine (C=N–C) groups is 1. The first-order valence-electron chi connectivity index (χ1n) is 8.27. The molecule has 0 bridgehead atoms. The third-order valence-corrected chi connectivity index (χ3v) is 4.17. The van der Waals surface area contributed by atoms with Crippen molar-refractivity contribution in [2.75, 3.05) is 13.6 Å². The highest BCUT2D eigenvalue weighted by Crippen LogP contribution is 2.29. The van der Waals surface area contributed by atoms with Gasteiger partial charge in [-0.25, -0.2) is 4.99 Å². The molecule has 2 aromatic carbocycles. The van der Waals surface area contributed by atoms with Gasteiger partial charge in [-0.1, -0.05) is 51.1 Å². The number of benzene rings is 2. The summed E-state index contributed by atoms with van der Waals surface area (Å²) in [4.78, 5) is 6.63. The third-order valence-electron chi connectivity index (χ3n) is 4.17. The molecule has 0 saturated carbocycles. The van der Waals surface area contributed by atoms with Crippen molar-refractivity contribution in [1.29, 1.82) is 0 Å². The fourth-order valence-electron chi connectivity index (χ4n) is 2.38. The molecule has 0 saturated heterocycles. The van der Waals surface area contributed by atoms with Crippen LogP contribution < -0.4 is 0 Å².